The summed E-state index contributed by atoms with van der Waals surface area (Å²) >= 11 is 0. The molecule has 9 heavy (non-hydrogen) atoms. The Kier molecular flexibility index (Phi) is 4.43. The zero-order valence-corrected chi connectivity index (χ0v) is 5.24. The average Bonchev–Trinajstić information content (AvgIpc) is 1.80. The van der Waals surface area contributed by atoms with Gasteiger partial charge in [0.2, 0.25) is 0 Å². The average molecular weight is 129 g/mol. The molecule has 0 amide bonds. The van der Waals surface area contributed by atoms with E-state index < -0.39 is 0 Å². The molecular weight excluding hydrogens is 120 g/mol. The molecule has 0 radical (unpaired) electrons. The normalized spacial score (nSPS) is 9.56. The Labute approximate surface area is 53.6 Å². The Morgan fingerprint density at radius 2 is 2.56 bits per heavy atom. The Morgan fingerprint density at radius 1 is 1.89 bits per heavy atom. The monoisotopic (exact) mass is 129 g/mol. The second-order valence-electron chi connectivity index (χ2n) is 1.28. The molecule has 0 unspecified atom stereocenters. The van der Waals surface area contributed by atoms with Gasteiger partial charge in [-0.05, 0) is 0 Å². The zero-order chi connectivity index (χ0) is 7.11. The van der Waals surface area contributed by atoms with Crippen LogP contribution in [0.5, 0.6) is 0 Å². The lowest BCUT2D eigenvalue weighted by molar-refractivity contribution is 0.494. The van der Waals surface area contributed by atoms with Crippen LogP contribution in [0.25, 0.3) is 0 Å². The first-order valence-electron chi connectivity index (χ1n) is 2.39. The van der Waals surface area contributed by atoms with E-state index in [1.807, 2.05) is 0 Å². The fourth-order valence-corrected chi connectivity index (χ4v) is 0.261. The lowest BCUT2D eigenvalue weighted by atomic mass is 10.7. The largest absolute Gasteiger partial charge is 0.742 e. The maximum absolute atomic E-state index is 10.1. The van der Waals surface area contributed by atoms with Crippen LogP contribution in [0.4, 0.5) is 0 Å². The van der Waals surface area contributed by atoms with Crippen LogP contribution >= 0.6 is 0 Å². The van der Waals surface area contributed by atoms with Crippen LogP contribution in [0, 0.1) is 5.21 Å². The van der Waals surface area contributed by atoms with Gasteiger partial charge in [0.25, 0.3) is 0 Å². The van der Waals surface area contributed by atoms with Crippen molar-refractivity contribution in [2.45, 2.75) is 0 Å². The molecule has 1 N–H and O–H groups in total. The molecule has 0 heterocycles. The summed E-state index contributed by atoms with van der Waals surface area (Å²) < 4.78 is 0. The Bertz CT molecular complexity index is 101. The second-order valence-corrected chi connectivity index (χ2v) is 1.28. The number of hydroxylamine groups is 1. The van der Waals surface area contributed by atoms with Crippen molar-refractivity contribution in [3.63, 3.8) is 0 Å². The van der Waals surface area contributed by atoms with Crippen molar-refractivity contribution >= 4 is 12.9 Å². The first kappa shape index (κ1) is 7.90. The number of rotatable bonds is 4. The number of hydrogen-bond donors (Lipinski definition) is 1. The highest BCUT2D eigenvalue weighted by atomic mass is 16.5. The zero-order valence-electron chi connectivity index (χ0n) is 5.24. The van der Waals surface area contributed by atoms with Crippen LogP contribution < -0.4 is 5.43 Å². The van der Waals surface area contributed by atoms with Gasteiger partial charge in [-0.25, -0.2) is 0 Å². The molecule has 0 atom stereocenters. The first-order valence-corrected chi connectivity index (χ1v) is 2.39. The van der Waals surface area contributed by atoms with Crippen LogP contribution in [-0.2, 0) is 0 Å². The van der Waals surface area contributed by atoms with Gasteiger partial charge in [0, 0.05) is 20.0 Å². The van der Waals surface area contributed by atoms with E-state index in [-0.39, 0.29) is 0 Å². The Balaban J connectivity index is 3.14. The summed E-state index contributed by atoms with van der Waals surface area (Å²) in [5.41, 5.74) is 2.50. The van der Waals surface area contributed by atoms with E-state index in [9.17, 15) is 5.21 Å². The molecule has 5 nitrogen and oxygen atoms in total. The number of nitrogens with one attached hydrogen (secondary N) is 1. The van der Waals surface area contributed by atoms with Gasteiger partial charge in [0.05, 0.1) is 6.54 Å². The highest BCUT2D eigenvalue weighted by Crippen LogP contribution is 1.71. The summed E-state index contributed by atoms with van der Waals surface area (Å²) in [6, 6.07) is 0. The minimum absolute atomic E-state index is 0.427. The van der Waals surface area contributed by atoms with E-state index in [0.29, 0.717) is 11.7 Å². The van der Waals surface area contributed by atoms with Gasteiger partial charge >= 0.3 is 0 Å². The summed E-state index contributed by atoms with van der Waals surface area (Å²) in [6.07, 6.45) is 1.40. The lowest BCUT2D eigenvalue weighted by Crippen LogP contribution is -2.09. The Morgan fingerprint density at radius 3 is 3.00 bits per heavy atom. The van der Waals surface area contributed by atoms with Gasteiger partial charge in [-0.15, -0.1) is 0 Å². The van der Waals surface area contributed by atoms with Crippen molar-refractivity contribution in [2.75, 3.05) is 13.6 Å². The van der Waals surface area contributed by atoms with Crippen molar-refractivity contribution < 1.29 is 0 Å². The third-order valence-corrected chi connectivity index (χ3v) is 0.539. The predicted molar refractivity (Wildman–Crippen MR) is 37.2 cm³/mol. The van der Waals surface area contributed by atoms with E-state index in [4.69, 9.17) is 0 Å². The summed E-state index contributed by atoms with van der Waals surface area (Å²) in [5, 5.41) is 17.2. The van der Waals surface area contributed by atoms with E-state index in [0.717, 1.165) is 0 Å². The first-order chi connectivity index (χ1) is 4.27. The maximum atomic E-state index is 10.1. The lowest BCUT2D eigenvalue weighted by Gasteiger charge is -2.15. The van der Waals surface area contributed by atoms with Crippen LogP contribution in [-0.4, -0.2) is 31.7 Å². The topological polar surface area (TPSA) is 63.0 Å². The minimum atomic E-state index is 0.427. The maximum Gasteiger partial charge on any atom is 0.0699 e. The molecule has 0 fully saturated rings. The molecule has 0 rings (SSSR count). The van der Waals surface area contributed by atoms with E-state index >= 15 is 0 Å². The molecule has 0 aromatic heterocycles. The SMILES string of the molecule is C=NNC/C=N/N(C)[O-]. The Hall–Kier alpha value is -1.10. The van der Waals surface area contributed by atoms with Crippen molar-refractivity contribution in [2.24, 2.45) is 10.2 Å². The molecule has 52 valence electrons. The summed E-state index contributed by atoms with van der Waals surface area (Å²) in [5.74, 6) is 0. The fraction of sp³-hybridized carbons (Fsp3) is 0.500. The number of nitrogens with zero attached hydrogens (tertiary/aromatic N) is 3. The summed E-state index contributed by atoms with van der Waals surface area (Å²) in [7, 11) is 1.30. The van der Waals surface area contributed by atoms with E-state index in [2.05, 4.69) is 22.3 Å². The van der Waals surface area contributed by atoms with Crippen molar-refractivity contribution in [1.82, 2.24) is 10.6 Å². The van der Waals surface area contributed by atoms with Crippen LogP contribution in [0.15, 0.2) is 10.2 Å². The summed E-state index contributed by atoms with van der Waals surface area (Å²) in [4.78, 5) is 0. The van der Waals surface area contributed by atoms with E-state index in [1.165, 1.54) is 13.3 Å². The minimum Gasteiger partial charge on any atom is -0.742 e. The number of hydrazone groups is 2. The molecule has 0 bridgehead atoms. The summed E-state index contributed by atoms with van der Waals surface area (Å²) in [6.45, 7) is 3.59. The molecule has 0 saturated heterocycles. The van der Waals surface area contributed by atoms with Crippen molar-refractivity contribution in [3.8, 4) is 0 Å². The van der Waals surface area contributed by atoms with Gasteiger partial charge in [-0.1, -0.05) is 0 Å². The molecule has 0 aliphatic rings. The van der Waals surface area contributed by atoms with Crippen molar-refractivity contribution in [3.05, 3.63) is 5.21 Å². The van der Waals surface area contributed by atoms with Gasteiger partial charge in [-0.2, -0.15) is 10.2 Å². The van der Waals surface area contributed by atoms with Gasteiger partial charge < -0.3 is 15.8 Å². The molecule has 0 spiro atoms. The molecule has 0 aromatic rings. The van der Waals surface area contributed by atoms with Crippen molar-refractivity contribution in [1.29, 1.82) is 0 Å². The van der Waals surface area contributed by atoms with Gasteiger partial charge in [0.15, 0.2) is 0 Å². The highest BCUT2D eigenvalue weighted by Gasteiger charge is 1.70. The molecule has 0 aromatic carbocycles. The molecule has 0 aliphatic heterocycles. The fourth-order valence-electron chi connectivity index (χ4n) is 0.261. The van der Waals surface area contributed by atoms with Crippen LogP contribution in [0.1, 0.15) is 0 Å². The highest BCUT2D eigenvalue weighted by molar-refractivity contribution is 5.59. The molecule has 5 heteroatoms. The quantitative estimate of drug-likeness (QED) is 0.319. The smallest absolute Gasteiger partial charge is 0.0699 e. The van der Waals surface area contributed by atoms with E-state index in [1.54, 1.807) is 0 Å². The molecule has 0 aliphatic carbocycles. The second kappa shape index (κ2) is 5.04. The standard InChI is InChI=1S/C4H9N4O/c1-5-6-3-4-7-8(2)9/h4,6H,1,3H2,2H3/q-1/b7-4+. The van der Waals surface area contributed by atoms with Gasteiger partial charge in [0.1, 0.15) is 0 Å². The van der Waals surface area contributed by atoms with Crippen LogP contribution in [0.3, 0.4) is 0 Å². The predicted octanol–water partition coefficient (Wildman–Crippen LogP) is -0.393. The number of hydrogen-bond acceptors (Lipinski definition) is 5. The molecular formula is C4H9N4O-. The molecule has 0 saturated carbocycles. The van der Waals surface area contributed by atoms with Gasteiger partial charge in [-0.3, -0.25) is 0 Å². The third kappa shape index (κ3) is 6.90. The third-order valence-electron chi connectivity index (χ3n) is 0.539. The van der Waals surface area contributed by atoms with Crippen LogP contribution in [0.2, 0.25) is 0 Å².